The van der Waals surface area contributed by atoms with Crippen LogP contribution in [0.5, 0.6) is 5.75 Å². The Hall–Kier alpha value is -2.52. The number of anilines is 1. The monoisotopic (exact) mass is 270 g/mol. The van der Waals surface area contributed by atoms with Crippen LogP contribution in [0.15, 0.2) is 23.3 Å². The summed E-state index contributed by atoms with van der Waals surface area (Å²) in [5.74, 6) is 4.96. The minimum absolute atomic E-state index is 0.0815. The lowest BCUT2D eigenvalue weighted by Crippen LogP contribution is -2.17. The van der Waals surface area contributed by atoms with Crippen molar-refractivity contribution in [3.8, 4) is 17.6 Å². The highest BCUT2D eigenvalue weighted by atomic mass is 19.4. The van der Waals surface area contributed by atoms with Crippen molar-refractivity contribution in [2.45, 2.75) is 12.8 Å². The molecular weight excluding hydrogens is 261 g/mol. The predicted octanol–water partition coefficient (Wildman–Crippen LogP) is 3.22. The van der Waals surface area contributed by atoms with E-state index in [1.54, 1.807) is 0 Å². The highest BCUT2D eigenvalue weighted by molar-refractivity contribution is 5.58. The van der Waals surface area contributed by atoms with Crippen LogP contribution in [0.2, 0.25) is 0 Å². The average Bonchev–Trinajstić information content (AvgIpc) is 2.29. The Kier molecular flexibility index (Phi) is 4.92. The molecule has 0 atom stereocenters. The van der Waals surface area contributed by atoms with Crippen LogP contribution in [0.3, 0.4) is 0 Å². The van der Waals surface area contributed by atoms with Crippen molar-refractivity contribution in [2.24, 2.45) is 5.11 Å². The molecular formula is C11H9F3N4O. The Morgan fingerprint density at radius 3 is 2.74 bits per heavy atom. The molecule has 0 bridgehead atoms. The number of nitrogens with zero attached hydrogens (tertiary/aromatic N) is 3. The van der Waals surface area contributed by atoms with E-state index >= 15 is 0 Å². The van der Waals surface area contributed by atoms with E-state index in [2.05, 4.69) is 26.6 Å². The van der Waals surface area contributed by atoms with Crippen molar-refractivity contribution < 1.29 is 17.9 Å². The summed E-state index contributed by atoms with van der Waals surface area (Å²) in [5.41, 5.74) is 14.1. The smallest absolute Gasteiger partial charge is 0.406 e. The molecule has 1 rings (SSSR count). The van der Waals surface area contributed by atoms with Gasteiger partial charge in [-0.25, -0.2) is 0 Å². The SMILES string of the molecule is [N-]=[N+]=NCCC#Cc1ccc(OC(F)(F)F)cc1N. The van der Waals surface area contributed by atoms with Gasteiger partial charge in [0, 0.05) is 29.5 Å². The Morgan fingerprint density at radius 1 is 1.42 bits per heavy atom. The molecule has 0 amide bonds. The number of ether oxygens (including phenoxy) is 1. The van der Waals surface area contributed by atoms with Gasteiger partial charge >= 0.3 is 6.36 Å². The molecule has 1 aromatic carbocycles. The van der Waals surface area contributed by atoms with Crippen LogP contribution in [-0.4, -0.2) is 12.9 Å². The zero-order chi connectivity index (χ0) is 14.3. The van der Waals surface area contributed by atoms with Gasteiger partial charge < -0.3 is 10.5 Å². The fourth-order valence-electron chi connectivity index (χ4n) is 1.16. The van der Waals surface area contributed by atoms with Crippen LogP contribution in [-0.2, 0) is 0 Å². The van der Waals surface area contributed by atoms with Gasteiger partial charge in [0.05, 0.1) is 5.69 Å². The first-order chi connectivity index (χ1) is 8.92. The third-order valence-electron chi connectivity index (χ3n) is 1.88. The first-order valence-corrected chi connectivity index (χ1v) is 5.07. The lowest BCUT2D eigenvalue weighted by Gasteiger charge is -2.09. The molecule has 0 unspecified atom stereocenters. The summed E-state index contributed by atoms with van der Waals surface area (Å²) >= 11 is 0. The Balaban J connectivity index is 2.74. The number of azide groups is 1. The predicted molar refractivity (Wildman–Crippen MR) is 63.0 cm³/mol. The van der Waals surface area contributed by atoms with Gasteiger partial charge in [-0.1, -0.05) is 17.0 Å². The van der Waals surface area contributed by atoms with E-state index < -0.39 is 12.1 Å². The highest BCUT2D eigenvalue weighted by Gasteiger charge is 2.31. The summed E-state index contributed by atoms with van der Waals surface area (Å²) in [6, 6.07) is 3.50. The molecule has 0 fully saturated rings. The average molecular weight is 270 g/mol. The number of halogens is 3. The highest BCUT2D eigenvalue weighted by Crippen LogP contribution is 2.25. The molecule has 2 N–H and O–H groups in total. The third-order valence-corrected chi connectivity index (χ3v) is 1.88. The molecule has 0 aromatic heterocycles. The summed E-state index contributed by atoms with van der Waals surface area (Å²) in [6.07, 6.45) is -4.42. The summed E-state index contributed by atoms with van der Waals surface area (Å²) in [4.78, 5) is 2.55. The Morgan fingerprint density at radius 2 is 2.16 bits per heavy atom. The number of hydrogen-bond acceptors (Lipinski definition) is 3. The van der Waals surface area contributed by atoms with Crippen LogP contribution in [0.4, 0.5) is 18.9 Å². The summed E-state index contributed by atoms with van der Waals surface area (Å²) in [7, 11) is 0. The van der Waals surface area contributed by atoms with Gasteiger partial charge in [0.1, 0.15) is 5.75 Å². The van der Waals surface area contributed by atoms with E-state index in [9.17, 15) is 13.2 Å². The molecule has 0 saturated carbocycles. The molecule has 1 aromatic rings. The summed E-state index contributed by atoms with van der Waals surface area (Å²) in [6.45, 7) is 0.221. The number of hydrogen-bond donors (Lipinski definition) is 1. The van der Waals surface area contributed by atoms with E-state index in [1.807, 2.05) is 0 Å². The quantitative estimate of drug-likeness (QED) is 0.228. The van der Waals surface area contributed by atoms with Crippen molar-refractivity contribution in [3.05, 3.63) is 34.2 Å². The molecule has 19 heavy (non-hydrogen) atoms. The van der Waals surface area contributed by atoms with E-state index in [-0.39, 0.29) is 12.2 Å². The maximum atomic E-state index is 12.0. The number of benzene rings is 1. The number of alkyl halides is 3. The summed E-state index contributed by atoms with van der Waals surface area (Å²) < 4.78 is 39.6. The topological polar surface area (TPSA) is 84.0 Å². The lowest BCUT2D eigenvalue weighted by molar-refractivity contribution is -0.274. The molecule has 0 heterocycles. The Bertz CT molecular complexity index is 553. The minimum Gasteiger partial charge on any atom is -0.406 e. The van der Waals surface area contributed by atoms with Gasteiger partial charge in [-0.3, -0.25) is 0 Å². The van der Waals surface area contributed by atoms with Gasteiger partial charge in [0.15, 0.2) is 0 Å². The number of rotatable bonds is 3. The van der Waals surface area contributed by atoms with Crippen LogP contribution in [0.1, 0.15) is 12.0 Å². The van der Waals surface area contributed by atoms with Gasteiger partial charge in [0.25, 0.3) is 0 Å². The molecule has 0 saturated heterocycles. The van der Waals surface area contributed by atoms with Crippen molar-refractivity contribution in [1.29, 1.82) is 0 Å². The maximum Gasteiger partial charge on any atom is 0.573 e. The molecule has 8 heteroatoms. The minimum atomic E-state index is -4.76. The largest absolute Gasteiger partial charge is 0.573 e. The van der Waals surface area contributed by atoms with Gasteiger partial charge in [-0.05, 0) is 17.7 Å². The molecule has 0 aliphatic rings. The lowest BCUT2D eigenvalue weighted by atomic mass is 10.1. The standard InChI is InChI=1S/C11H9F3N4O/c12-11(13,14)19-9-5-4-8(10(15)7-9)3-1-2-6-17-18-16/h4-5,7H,2,6,15H2. The second kappa shape index (κ2) is 6.42. The van der Waals surface area contributed by atoms with Crippen molar-refractivity contribution in [2.75, 3.05) is 12.3 Å². The molecule has 0 radical (unpaired) electrons. The van der Waals surface area contributed by atoms with Gasteiger partial charge in [-0.15, -0.1) is 13.2 Å². The van der Waals surface area contributed by atoms with E-state index in [4.69, 9.17) is 11.3 Å². The zero-order valence-electron chi connectivity index (χ0n) is 9.61. The Labute approximate surface area is 106 Å². The second-order valence-corrected chi connectivity index (χ2v) is 3.30. The molecule has 0 aliphatic carbocycles. The van der Waals surface area contributed by atoms with E-state index in [1.165, 1.54) is 6.07 Å². The second-order valence-electron chi connectivity index (χ2n) is 3.30. The van der Waals surface area contributed by atoms with Crippen molar-refractivity contribution in [3.63, 3.8) is 0 Å². The molecule has 0 aliphatic heterocycles. The fourth-order valence-corrected chi connectivity index (χ4v) is 1.16. The van der Waals surface area contributed by atoms with Crippen molar-refractivity contribution in [1.82, 2.24) is 0 Å². The van der Waals surface area contributed by atoms with Gasteiger partial charge in [-0.2, -0.15) is 0 Å². The number of nitrogens with two attached hydrogens (primary N) is 1. The maximum absolute atomic E-state index is 12.0. The fraction of sp³-hybridized carbons (Fsp3) is 0.273. The van der Waals surface area contributed by atoms with Crippen LogP contribution >= 0.6 is 0 Å². The zero-order valence-corrected chi connectivity index (χ0v) is 9.61. The van der Waals surface area contributed by atoms with Crippen molar-refractivity contribution >= 4 is 5.69 Å². The molecule has 5 nitrogen and oxygen atoms in total. The summed E-state index contributed by atoms with van der Waals surface area (Å²) in [5, 5.41) is 3.28. The molecule has 100 valence electrons. The first-order valence-electron chi connectivity index (χ1n) is 5.07. The molecule has 0 spiro atoms. The van der Waals surface area contributed by atoms with Crippen LogP contribution in [0, 0.1) is 11.8 Å². The third kappa shape index (κ3) is 5.57. The van der Waals surface area contributed by atoms with E-state index in [0.29, 0.717) is 12.0 Å². The van der Waals surface area contributed by atoms with Gasteiger partial charge in [0.2, 0.25) is 0 Å². The van der Waals surface area contributed by atoms with Crippen LogP contribution in [0.25, 0.3) is 10.4 Å². The first kappa shape index (κ1) is 14.5. The van der Waals surface area contributed by atoms with E-state index in [0.717, 1.165) is 12.1 Å². The number of nitrogen functional groups attached to an aromatic ring is 1. The van der Waals surface area contributed by atoms with Crippen LogP contribution < -0.4 is 10.5 Å². The normalized spacial score (nSPS) is 10.1.